The van der Waals surface area contributed by atoms with Gasteiger partial charge in [0.1, 0.15) is 11.7 Å². The third-order valence-electron chi connectivity index (χ3n) is 5.17. The van der Waals surface area contributed by atoms with Crippen molar-refractivity contribution in [3.8, 4) is 0 Å². The van der Waals surface area contributed by atoms with Gasteiger partial charge in [-0.2, -0.15) is 0 Å². The van der Waals surface area contributed by atoms with Crippen LogP contribution < -0.4 is 4.72 Å². The summed E-state index contributed by atoms with van der Waals surface area (Å²) in [6.45, 7) is 6.14. The Hall–Kier alpha value is -1.62. The van der Waals surface area contributed by atoms with Crippen LogP contribution in [0.1, 0.15) is 25.1 Å². The van der Waals surface area contributed by atoms with Crippen LogP contribution in [0.2, 0.25) is 4.34 Å². The lowest BCUT2D eigenvalue weighted by Crippen LogP contribution is -2.53. The van der Waals surface area contributed by atoms with E-state index in [1.165, 1.54) is 16.2 Å². The standard InChI is InChI=1S/C20H28ClN3O5S2/c1-14(2)13-17(20(26)23-8-10-29-11-9-23)24-7-5-16(19(24)25)22-31(27,28)12-6-15-3-4-18(21)30-15/h3-5,14,17,22H,6-13H2,1-2H3/t17-/m0/s1. The molecule has 2 aliphatic heterocycles. The normalized spacial score (nSPS) is 18.5. The second-order valence-corrected chi connectivity index (χ2v) is 11.7. The molecule has 3 heterocycles. The summed E-state index contributed by atoms with van der Waals surface area (Å²) in [5.41, 5.74) is 0.00717. The zero-order valence-electron chi connectivity index (χ0n) is 17.7. The lowest BCUT2D eigenvalue weighted by molar-refractivity contribution is -0.146. The number of nitrogens with one attached hydrogen (secondary N) is 1. The van der Waals surface area contributed by atoms with Gasteiger partial charge in [0.2, 0.25) is 15.9 Å². The van der Waals surface area contributed by atoms with Crippen molar-refractivity contribution in [3.63, 3.8) is 0 Å². The number of ether oxygens (including phenoxy) is 1. The van der Waals surface area contributed by atoms with Crippen molar-refractivity contribution in [3.05, 3.63) is 33.1 Å². The summed E-state index contributed by atoms with van der Waals surface area (Å²) in [7, 11) is -3.71. The number of morpholine rings is 1. The summed E-state index contributed by atoms with van der Waals surface area (Å²) < 4.78 is 33.3. The van der Waals surface area contributed by atoms with Crippen molar-refractivity contribution in [1.82, 2.24) is 14.5 Å². The maximum atomic E-state index is 13.1. The smallest absolute Gasteiger partial charge is 0.271 e. The van der Waals surface area contributed by atoms with Gasteiger partial charge in [-0.1, -0.05) is 25.4 Å². The number of carbonyl (C=O) groups is 2. The summed E-state index contributed by atoms with van der Waals surface area (Å²) in [6, 6.07) is 2.89. The minimum absolute atomic E-state index is 0.00717. The molecule has 1 fully saturated rings. The van der Waals surface area contributed by atoms with Crippen LogP contribution in [-0.4, -0.2) is 74.7 Å². The van der Waals surface area contributed by atoms with Crippen molar-refractivity contribution in [2.75, 3.05) is 38.6 Å². The predicted octanol–water partition coefficient (Wildman–Crippen LogP) is 1.86. The Morgan fingerprint density at radius 1 is 1.29 bits per heavy atom. The molecule has 1 aromatic rings. The molecule has 0 radical (unpaired) electrons. The molecule has 1 atom stereocenters. The first-order valence-electron chi connectivity index (χ1n) is 10.3. The molecule has 1 aromatic heterocycles. The summed E-state index contributed by atoms with van der Waals surface area (Å²) in [6.07, 6.45) is 2.36. The average Bonchev–Trinajstić information content (AvgIpc) is 3.30. The van der Waals surface area contributed by atoms with Crippen LogP contribution in [0, 0.1) is 5.92 Å². The molecule has 1 N–H and O–H groups in total. The van der Waals surface area contributed by atoms with E-state index in [1.807, 2.05) is 13.8 Å². The number of hydrogen-bond acceptors (Lipinski definition) is 6. The fourth-order valence-corrected chi connectivity index (χ4v) is 5.92. The topological polar surface area (TPSA) is 96.0 Å². The molecule has 2 amide bonds. The maximum Gasteiger partial charge on any atom is 0.271 e. The van der Waals surface area contributed by atoms with Crippen LogP contribution in [0.5, 0.6) is 0 Å². The number of nitrogens with zero attached hydrogens (tertiary/aromatic N) is 2. The fraction of sp³-hybridized carbons (Fsp3) is 0.600. The minimum Gasteiger partial charge on any atom is -0.378 e. The SMILES string of the molecule is CC(C)C[C@@H](C(=O)N1CCOCC1)N1CC=C(NS(=O)(=O)CCc2ccc(Cl)s2)C1=O. The quantitative estimate of drug-likeness (QED) is 0.571. The van der Waals surface area contributed by atoms with Crippen LogP contribution in [-0.2, 0) is 30.8 Å². The molecule has 1 saturated heterocycles. The highest BCUT2D eigenvalue weighted by Gasteiger charge is 2.38. The van der Waals surface area contributed by atoms with Gasteiger partial charge in [-0.05, 0) is 37.0 Å². The van der Waals surface area contributed by atoms with Gasteiger partial charge in [-0.25, -0.2) is 8.42 Å². The molecule has 172 valence electrons. The van der Waals surface area contributed by atoms with E-state index >= 15 is 0 Å². The minimum atomic E-state index is -3.71. The largest absolute Gasteiger partial charge is 0.378 e. The monoisotopic (exact) mass is 489 g/mol. The number of carbonyl (C=O) groups excluding carboxylic acids is 2. The second-order valence-electron chi connectivity index (χ2n) is 8.04. The van der Waals surface area contributed by atoms with E-state index < -0.39 is 22.0 Å². The number of aryl methyl sites for hydroxylation is 1. The van der Waals surface area contributed by atoms with E-state index in [9.17, 15) is 18.0 Å². The lowest BCUT2D eigenvalue weighted by atomic mass is 10.0. The van der Waals surface area contributed by atoms with E-state index in [0.717, 1.165) is 4.88 Å². The Balaban J connectivity index is 1.64. The van der Waals surface area contributed by atoms with Gasteiger partial charge in [0.15, 0.2) is 0 Å². The van der Waals surface area contributed by atoms with Crippen molar-refractivity contribution in [1.29, 1.82) is 0 Å². The number of thiophene rings is 1. The number of rotatable bonds is 9. The van der Waals surface area contributed by atoms with Crippen LogP contribution >= 0.6 is 22.9 Å². The van der Waals surface area contributed by atoms with Crippen LogP contribution in [0.15, 0.2) is 23.9 Å². The van der Waals surface area contributed by atoms with Gasteiger partial charge in [0.05, 0.1) is 23.3 Å². The summed E-state index contributed by atoms with van der Waals surface area (Å²) >= 11 is 7.22. The molecule has 0 aromatic carbocycles. The first-order valence-corrected chi connectivity index (χ1v) is 13.1. The zero-order valence-corrected chi connectivity index (χ0v) is 20.1. The summed E-state index contributed by atoms with van der Waals surface area (Å²) in [5, 5.41) is 0. The summed E-state index contributed by atoms with van der Waals surface area (Å²) in [5.74, 6) is -0.537. The molecule has 0 unspecified atom stereocenters. The molecule has 0 bridgehead atoms. The molecule has 31 heavy (non-hydrogen) atoms. The molecule has 0 saturated carbocycles. The van der Waals surface area contributed by atoms with Gasteiger partial charge >= 0.3 is 0 Å². The van der Waals surface area contributed by atoms with E-state index in [2.05, 4.69) is 4.72 Å². The number of amides is 2. The highest BCUT2D eigenvalue weighted by molar-refractivity contribution is 7.89. The molecule has 11 heteroatoms. The van der Waals surface area contributed by atoms with Crippen molar-refractivity contribution < 1.29 is 22.7 Å². The van der Waals surface area contributed by atoms with Gasteiger partial charge < -0.3 is 14.5 Å². The van der Waals surface area contributed by atoms with Gasteiger partial charge in [0.25, 0.3) is 5.91 Å². The molecule has 3 rings (SSSR count). The number of hydrogen-bond donors (Lipinski definition) is 1. The fourth-order valence-electron chi connectivity index (χ4n) is 3.61. The van der Waals surface area contributed by atoms with Crippen molar-refractivity contribution >= 4 is 44.8 Å². The van der Waals surface area contributed by atoms with Gasteiger partial charge in [-0.15, -0.1) is 11.3 Å². The third-order valence-corrected chi connectivity index (χ3v) is 7.74. The molecule has 8 nitrogen and oxygen atoms in total. The first kappa shape index (κ1) is 24.0. The van der Waals surface area contributed by atoms with E-state index in [4.69, 9.17) is 16.3 Å². The molecule has 2 aliphatic rings. The highest BCUT2D eigenvalue weighted by atomic mass is 35.5. The number of halogens is 1. The zero-order chi connectivity index (χ0) is 22.6. The lowest BCUT2D eigenvalue weighted by Gasteiger charge is -2.35. The Kier molecular flexibility index (Phi) is 8.01. The predicted molar refractivity (Wildman–Crippen MR) is 120 cm³/mol. The second kappa shape index (κ2) is 10.3. The van der Waals surface area contributed by atoms with E-state index in [-0.39, 0.29) is 29.8 Å². The molecular weight excluding hydrogens is 462 g/mol. The van der Waals surface area contributed by atoms with Crippen molar-refractivity contribution in [2.45, 2.75) is 32.7 Å². The molecule has 0 aliphatic carbocycles. The van der Waals surface area contributed by atoms with Crippen LogP contribution in [0.4, 0.5) is 0 Å². The first-order chi connectivity index (χ1) is 14.7. The molecular formula is C20H28ClN3O5S2. The maximum absolute atomic E-state index is 13.1. The average molecular weight is 490 g/mol. The summed E-state index contributed by atoms with van der Waals surface area (Å²) in [4.78, 5) is 30.2. The number of sulfonamides is 1. The Morgan fingerprint density at radius 3 is 2.61 bits per heavy atom. The van der Waals surface area contributed by atoms with E-state index in [1.54, 1.807) is 23.1 Å². The van der Waals surface area contributed by atoms with E-state index in [0.29, 0.717) is 43.5 Å². The van der Waals surface area contributed by atoms with Crippen LogP contribution in [0.3, 0.4) is 0 Å². The Morgan fingerprint density at radius 2 is 2.00 bits per heavy atom. The van der Waals surface area contributed by atoms with Crippen LogP contribution in [0.25, 0.3) is 0 Å². The van der Waals surface area contributed by atoms with Crippen molar-refractivity contribution in [2.24, 2.45) is 5.92 Å². The Labute approximate surface area is 192 Å². The highest BCUT2D eigenvalue weighted by Crippen LogP contribution is 2.23. The van der Waals surface area contributed by atoms with Gasteiger partial charge in [0, 0.05) is 24.5 Å². The Bertz CT molecular complexity index is 938. The van der Waals surface area contributed by atoms with Gasteiger partial charge in [-0.3, -0.25) is 14.3 Å². The third kappa shape index (κ3) is 6.44. The molecule has 0 spiro atoms.